The zero-order valence-electron chi connectivity index (χ0n) is 13.4. The number of carbonyl (C=O) groups excluding carboxylic acids is 1. The van der Waals surface area contributed by atoms with E-state index in [1.165, 1.54) is 0 Å². The second kappa shape index (κ2) is 8.37. The molecule has 0 N–H and O–H groups in total. The van der Waals surface area contributed by atoms with E-state index < -0.39 is 0 Å². The fourth-order valence-corrected chi connectivity index (χ4v) is 3.20. The number of hydrogen-bond acceptors (Lipinski definition) is 3. The first-order valence-corrected chi connectivity index (χ1v) is 9.17. The van der Waals surface area contributed by atoms with Gasteiger partial charge in [-0.15, -0.1) is 0 Å². The van der Waals surface area contributed by atoms with Crippen LogP contribution in [-0.4, -0.2) is 30.2 Å². The lowest BCUT2D eigenvalue weighted by Crippen LogP contribution is -2.42. The minimum atomic E-state index is -0.244. The molecule has 1 aliphatic heterocycles. The molecule has 1 heterocycles. The topological polar surface area (TPSA) is 38.8 Å². The zero-order valence-corrected chi connectivity index (χ0v) is 15.5. The standard InChI is InChI=1S/C19H20INO3/c20-17-8-4-5-9-18(17)24-16-10-12-21(13-11-16)19(22)23-14-15-6-2-1-3-7-15/h1-9,16H,10-14H2. The first-order chi connectivity index (χ1) is 11.7. The summed E-state index contributed by atoms with van der Waals surface area (Å²) in [6.45, 7) is 1.65. The lowest BCUT2D eigenvalue weighted by Gasteiger charge is -2.31. The summed E-state index contributed by atoms with van der Waals surface area (Å²) in [5.74, 6) is 0.920. The molecule has 0 bridgehead atoms. The van der Waals surface area contributed by atoms with E-state index in [9.17, 15) is 4.79 Å². The van der Waals surface area contributed by atoms with E-state index in [2.05, 4.69) is 22.6 Å². The van der Waals surface area contributed by atoms with Crippen molar-refractivity contribution < 1.29 is 14.3 Å². The van der Waals surface area contributed by atoms with E-state index in [-0.39, 0.29) is 12.2 Å². The minimum Gasteiger partial charge on any atom is -0.489 e. The van der Waals surface area contributed by atoms with E-state index in [1.807, 2.05) is 54.6 Å². The molecule has 0 saturated carbocycles. The second-order valence-corrected chi connectivity index (χ2v) is 6.94. The van der Waals surface area contributed by atoms with Gasteiger partial charge < -0.3 is 14.4 Å². The Bertz CT molecular complexity index is 669. The predicted molar refractivity (Wildman–Crippen MR) is 101 cm³/mol. The highest BCUT2D eigenvalue weighted by molar-refractivity contribution is 14.1. The normalized spacial score (nSPS) is 15.1. The summed E-state index contributed by atoms with van der Waals surface area (Å²) in [6, 6.07) is 17.7. The van der Waals surface area contributed by atoms with Crippen molar-refractivity contribution in [2.24, 2.45) is 0 Å². The molecule has 5 heteroatoms. The van der Waals surface area contributed by atoms with Gasteiger partial charge in [0.2, 0.25) is 0 Å². The molecule has 0 atom stereocenters. The maximum atomic E-state index is 12.2. The largest absolute Gasteiger partial charge is 0.489 e. The van der Waals surface area contributed by atoms with Crippen LogP contribution in [0.1, 0.15) is 18.4 Å². The van der Waals surface area contributed by atoms with Crippen LogP contribution in [-0.2, 0) is 11.3 Å². The van der Waals surface area contributed by atoms with Crippen LogP contribution < -0.4 is 4.74 Å². The number of ether oxygens (including phenoxy) is 2. The van der Waals surface area contributed by atoms with Crippen molar-refractivity contribution in [3.05, 3.63) is 63.7 Å². The molecule has 2 aromatic carbocycles. The Balaban J connectivity index is 1.44. The number of likely N-dealkylation sites (tertiary alicyclic amines) is 1. The minimum absolute atomic E-state index is 0.152. The van der Waals surface area contributed by atoms with Gasteiger partial charge >= 0.3 is 6.09 Å². The summed E-state index contributed by atoms with van der Waals surface area (Å²) in [5.41, 5.74) is 1.00. The number of rotatable bonds is 4. The maximum absolute atomic E-state index is 12.2. The third kappa shape index (κ3) is 4.63. The van der Waals surface area contributed by atoms with Crippen molar-refractivity contribution in [1.82, 2.24) is 4.90 Å². The van der Waals surface area contributed by atoms with Gasteiger partial charge in [0.15, 0.2) is 0 Å². The molecule has 2 aromatic rings. The van der Waals surface area contributed by atoms with E-state index >= 15 is 0 Å². The molecule has 126 valence electrons. The number of benzene rings is 2. The molecule has 0 radical (unpaired) electrons. The van der Waals surface area contributed by atoms with Gasteiger partial charge in [0.1, 0.15) is 18.5 Å². The summed E-state index contributed by atoms with van der Waals surface area (Å²) < 4.78 is 12.6. The van der Waals surface area contributed by atoms with Crippen molar-refractivity contribution in [3.8, 4) is 5.75 Å². The molecule has 1 saturated heterocycles. The number of amides is 1. The fraction of sp³-hybridized carbons (Fsp3) is 0.316. The summed E-state index contributed by atoms with van der Waals surface area (Å²) in [5, 5.41) is 0. The van der Waals surface area contributed by atoms with Crippen molar-refractivity contribution in [2.75, 3.05) is 13.1 Å². The lowest BCUT2D eigenvalue weighted by molar-refractivity contribution is 0.0636. The number of hydrogen-bond donors (Lipinski definition) is 0. The van der Waals surface area contributed by atoms with Crippen LogP contribution in [0.3, 0.4) is 0 Å². The quantitative estimate of drug-likeness (QED) is 0.663. The molecule has 0 aliphatic carbocycles. The Hall–Kier alpha value is -1.76. The Morgan fingerprint density at radius 1 is 1.04 bits per heavy atom. The Labute approximate surface area is 155 Å². The van der Waals surface area contributed by atoms with Gasteiger partial charge in [-0.1, -0.05) is 42.5 Å². The molecular weight excluding hydrogens is 417 g/mol. The SMILES string of the molecule is O=C(OCc1ccccc1)N1CCC(Oc2ccccc2I)CC1. The molecule has 24 heavy (non-hydrogen) atoms. The first-order valence-electron chi connectivity index (χ1n) is 8.09. The van der Waals surface area contributed by atoms with E-state index in [0.717, 1.165) is 27.7 Å². The number of piperidine rings is 1. The molecule has 0 unspecified atom stereocenters. The number of para-hydroxylation sites is 1. The van der Waals surface area contributed by atoms with Crippen molar-refractivity contribution in [1.29, 1.82) is 0 Å². The van der Waals surface area contributed by atoms with Crippen LogP contribution in [0.15, 0.2) is 54.6 Å². The highest BCUT2D eigenvalue weighted by Crippen LogP contribution is 2.24. The van der Waals surface area contributed by atoms with Gasteiger partial charge in [0.05, 0.1) is 3.57 Å². The Kier molecular flexibility index (Phi) is 5.96. The van der Waals surface area contributed by atoms with E-state index in [0.29, 0.717) is 19.7 Å². The summed E-state index contributed by atoms with van der Waals surface area (Å²) in [7, 11) is 0. The molecule has 0 aromatic heterocycles. The molecular formula is C19H20INO3. The van der Waals surface area contributed by atoms with Crippen LogP contribution in [0, 0.1) is 3.57 Å². The monoisotopic (exact) mass is 437 g/mol. The number of halogens is 1. The highest BCUT2D eigenvalue weighted by atomic mass is 127. The van der Waals surface area contributed by atoms with Gasteiger partial charge in [0.25, 0.3) is 0 Å². The van der Waals surface area contributed by atoms with Gasteiger partial charge in [-0.3, -0.25) is 0 Å². The fourth-order valence-electron chi connectivity index (χ4n) is 2.69. The van der Waals surface area contributed by atoms with Crippen LogP contribution >= 0.6 is 22.6 Å². The Morgan fingerprint density at radius 3 is 2.42 bits per heavy atom. The van der Waals surface area contributed by atoms with Crippen LogP contribution in [0.25, 0.3) is 0 Å². The number of nitrogens with zero attached hydrogens (tertiary/aromatic N) is 1. The first kappa shape index (κ1) is 17.1. The third-order valence-electron chi connectivity index (χ3n) is 4.04. The predicted octanol–water partition coefficient (Wildman–Crippen LogP) is 4.47. The van der Waals surface area contributed by atoms with E-state index in [1.54, 1.807) is 4.90 Å². The molecule has 1 aliphatic rings. The number of carbonyl (C=O) groups is 1. The molecule has 0 spiro atoms. The lowest BCUT2D eigenvalue weighted by atomic mass is 10.1. The molecule has 1 fully saturated rings. The van der Waals surface area contributed by atoms with Crippen molar-refractivity contribution in [3.63, 3.8) is 0 Å². The maximum Gasteiger partial charge on any atom is 0.410 e. The summed E-state index contributed by atoms with van der Waals surface area (Å²) >= 11 is 2.28. The molecule has 1 amide bonds. The summed E-state index contributed by atoms with van der Waals surface area (Å²) in [4.78, 5) is 13.9. The van der Waals surface area contributed by atoms with Crippen molar-refractivity contribution >= 4 is 28.7 Å². The van der Waals surface area contributed by atoms with Crippen LogP contribution in [0.4, 0.5) is 4.79 Å². The highest BCUT2D eigenvalue weighted by Gasteiger charge is 2.25. The van der Waals surface area contributed by atoms with Gasteiger partial charge in [0, 0.05) is 25.9 Å². The second-order valence-electron chi connectivity index (χ2n) is 5.77. The average Bonchev–Trinajstić information content (AvgIpc) is 2.63. The average molecular weight is 437 g/mol. The Morgan fingerprint density at radius 2 is 1.71 bits per heavy atom. The van der Waals surface area contributed by atoms with Gasteiger partial charge in [-0.2, -0.15) is 0 Å². The van der Waals surface area contributed by atoms with Gasteiger partial charge in [-0.05, 0) is 40.3 Å². The van der Waals surface area contributed by atoms with Crippen LogP contribution in [0.5, 0.6) is 5.75 Å². The molecule has 4 nitrogen and oxygen atoms in total. The van der Waals surface area contributed by atoms with E-state index in [4.69, 9.17) is 9.47 Å². The smallest absolute Gasteiger partial charge is 0.410 e. The zero-order chi connectivity index (χ0) is 16.8. The third-order valence-corrected chi connectivity index (χ3v) is 4.93. The van der Waals surface area contributed by atoms with Gasteiger partial charge in [-0.25, -0.2) is 4.79 Å². The summed E-state index contributed by atoms with van der Waals surface area (Å²) in [6.07, 6.45) is 1.56. The van der Waals surface area contributed by atoms with Crippen LogP contribution in [0.2, 0.25) is 0 Å². The molecule has 3 rings (SSSR count). The van der Waals surface area contributed by atoms with Crippen molar-refractivity contribution in [2.45, 2.75) is 25.6 Å².